The Morgan fingerprint density at radius 1 is 0.889 bits per heavy atom. The normalized spacial score (nSPS) is 11.1. The predicted octanol–water partition coefficient (Wildman–Crippen LogP) is 4.82. The molecule has 4 rings (SSSR count). The molecule has 0 unspecified atom stereocenters. The lowest BCUT2D eigenvalue weighted by molar-refractivity contribution is -0.115. The van der Waals surface area contributed by atoms with Gasteiger partial charge in [0.15, 0.2) is 0 Å². The molecule has 0 radical (unpaired) electrons. The maximum atomic E-state index is 12.6. The molecule has 0 spiro atoms. The van der Waals surface area contributed by atoms with Crippen LogP contribution in [0, 0.1) is 0 Å². The third kappa shape index (κ3) is 8.81. The lowest BCUT2D eigenvalue weighted by Gasteiger charge is -2.12. The van der Waals surface area contributed by atoms with Crippen LogP contribution in [0.1, 0.15) is 28.6 Å². The second-order valence-corrected chi connectivity index (χ2v) is 8.26. The molecular weight excluding hydrogens is 495 g/mol. The summed E-state index contributed by atoms with van der Waals surface area (Å²) >= 11 is 0. The number of hydrogen-bond acceptors (Lipinski definition) is 4. The van der Waals surface area contributed by atoms with E-state index in [0.29, 0.717) is 13.1 Å². The number of aromatic nitrogens is 2. The van der Waals surface area contributed by atoms with E-state index in [-0.39, 0.29) is 37.1 Å². The standard InChI is InChI=1S/C28H30N4O2.2ClH/c33-26(24-9-5-2-6-10-24)20-29-16-15-22-11-13-25(14-12-22)31-28(34)19-27-30-17-18-32(27)21-23-7-3-1-4-8-23;;/h1-14,17-18,26,29,33H,15-16,19-21H2,(H,31,34);2*1H/t26-;;/m0../s1. The Kier molecular flexibility index (Phi) is 12.2. The summed E-state index contributed by atoms with van der Waals surface area (Å²) in [4.78, 5) is 16.9. The molecule has 0 aliphatic heterocycles. The van der Waals surface area contributed by atoms with Crippen LogP contribution in [0.5, 0.6) is 0 Å². The number of aliphatic hydroxyl groups is 1. The molecule has 0 saturated heterocycles. The van der Waals surface area contributed by atoms with Crippen molar-refractivity contribution >= 4 is 36.4 Å². The lowest BCUT2D eigenvalue weighted by atomic mass is 10.1. The average Bonchev–Trinajstić information content (AvgIpc) is 3.30. The van der Waals surface area contributed by atoms with Gasteiger partial charge in [0.1, 0.15) is 5.82 Å². The van der Waals surface area contributed by atoms with Crippen molar-refractivity contribution in [3.05, 3.63) is 120 Å². The van der Waals surface area contributed by atoms with Crippen LogP contribution < -0.4 is 10.6 Å². The van der Waals surface area contributed by atoms with Gasteiger partial charge in [0.2, 0.25) is 5.91 Å². The lowest BCUT2D eigenvalue weighted by Crippen LogP contribution is -2.23. The van der Waals surface area contributed by atoms with E-state index >= 15 is 0 Å². The minimum Gasteiger partial charge on any atom is -0.387 e. The van der Waals surface area contributed by atoms with Gasteiger partial charge in [-0.1, -0.05) is 72.8 Å². The minimum absolute atomic E-state index is 0. The van der Waals surface area contributed by atoms with Gasteiger partial charge in [0.25, 0.3) is 0 Å². The summed E-state index contributed by atoms with van der Waals surface area (Å²) in [6.07, 6.45) is 4.17. The third-order valence-corrected chi connectivity index (χ3v) is 5.67. The van der Waals surface area contributed by atoms with Gasteiger partial charge in [0, 0.05) is 31.2 Å². The quantitative estimate of drug-likeness (QED) is 0.245. The zero-order chi connectivity index (χ0) is 23.6. The fourth-order valence-corrected chi connectivity index (χ4v) is 3.80. The van der Waals surface area contributed by atoms with Crippen LogP contribution in [0.2, 0.25) is 0 Å². The molecule has 1 aromatic heterocycles. The predicted molar refractivity (Wildman–Crippen MR) is 149 cm³/mol. The van der Waals surface area contributed by atoms with Crippen molar-refractivity contribution in [2.45, 2.75) is 25.5 Å². The molecule has 1 atom stereocenters. The van der Waals surface area contributed by atoms with Crippen molar-refractivity contribution in [1.82, 2.24) is 14.9 Å². The molecule has 0 fully saturated rings. The maximum absolute atomic E-state index is 12.6. The minimum atomic E-state index is -0.512. The Hall–Kier alpha value is -3.16. The van der Waals surface area contributed by atoms with Gasteiger partial charge in [-0.15, -0.1) is 24.8 Å². The Bertz CT molecular complexity index is 1170. The molecule has 6 nitrogen and oxygen atoms in total. The van der Waals surface area contributed by atoms with E-state index in [4.69, 9.17) is 0 Å². The monoisotopic (exact) mass is 526 g/mol. The highest BCUT2D eigenvalue weighted by atomic mass is 35.5. The van der Waals surface area contributed by atoms with Crippen LogP contribution in [0.25, 0.3) is 0 Å². The van der Waals surface area contributed by atoms with Gasteiger partial charge in [-0.05, 0) is 41.8 Å². The Labute approximate surface area is 224 Å². The first-order chi connectivity index (χ1) is 16.7. The maximum Gasteiger partial charge on any atom is 0.231 e. The van der Waals surface area contributed by atoms with Crippen LogP contribution >= 0.6 is 24.8 Å². The van der Waals surface area contributed by atoms with E-state index < -0.39 is 6.10 Å². The van der Waals surface area contributed by atoms with E-state index in [9.17, 15) is 9.90 Å². The first-order valence-electron chi connectivity index (χ1n) is 11.5. The zero-order valence-electron chi connectivity index (χ0n) is 19.9. The molecule has 4 aromatic rings. The number of anilines is 1. The zero-order valence-corrected chi connectivity index (χ0v) is 21.5. The molecule has 0 aliphatic carbocycles. The van der Waals surface area contributed by atoms with Crippen LogP contribution in [0.4, 0.5) is 5.69 Å². The summed E-state index contributed by atoms with van der Waals surface area (Å²) in [5.74, 6) is 0.645. The smallest absolute Gasteiger partial charge is 0.231 e. The van der Waals surface area contributed by atoms with Crippen molar-refractivity contribution in [2.75, 3.05) is 18.4 Å². The van der Waals surface area contributed by atoms with Gasteiger partial charge < -0.3 is 20.3 Å². The molecule has 0 aliphatic rings. The van der Waals surface area contributed by atoms with E-state index in [0.717, 1.165) is 35.6 Å². The first-order valence-corrected chi connectivity index (χ1v) is 11.5. The summed E-state index contributed by atoms with van der Waals surface area (Å²) in [5, 5.41) is 16.5. The number of halogens is 2. The van der Waals surface area contributed by atoms with Crippen molar-refractivity contribution in [2.24, 2.45) is 0 Å². The van der Waals surface area contributed by atoms with Crippen LogP contribution in [-0.2, 0) is 24.2 Å². The number of carbonyl (C=O) groups excluding carboxylic acids is 1. The summed E-state index contributed by atoms with van der Waals surface area (Å²) < 4.78 is 2.00. The molecule has 3 aromatic carbocycles. The molecule has 1 heterocycles. The fraction of sp³-hybridized carbons (Fsp3) is 0.214. The van der Waals surface area contributed by atoms with E-state index in [2.05, 4.69) is 27.8 Å². The molecular formula is C28H32Cl2N4O2. The number of nitrogens with zero attached hydrogens (tertiary/aromatic N) is 2. The number of benzene rings is 3. The van der Waals surface area contributed by atoms with Crippen LogP contribution in [0.15, 0.2) is 97.3 Å². The summed E-state index contributed by atoms with van der Waals surface area (Å²) in [5.41, 5.74) is 4.01. The molecule has 0 saturated carbocycles. The molecule has 36 heavy (non-hydrogen) atoms. The van der Waals surface area contributed by atoms with Crippen LogP contribution in [0.3, 0.4) is 0 Å². The van der Waals surface area contributed by atoms with Crippen molar-refractivity contribution in [1.29, 1.82) is 0 Å². The van der Waals surface area contributed by atoms with E-state index in [1.807, 2.05) is 83.6 Å². The van der Waals surface area contributed by atoms with Gasteiger partial charge in [0.05, 0.1) is 12.5 Å². The number of amides is 1. The average molecular weight is 527 g/mol. The first kappa shape index (κ1) is 29.1. The highest BCUT2D eigenvalue weighted by Crippen LogP contribution is 2.13. The summed E-state index contributed by atoms with van der Waals surface area (Å²) in [6, 6.07) is 27.6. The number of aliphatic hydroxyl groups excluding tert-OH is 1. The number of rotatable bonds is 11. The molecule has 0 bridgehead atoms. The number of hydrogen-bond donors (Lipinski definition) is 3. The molecule has 190 valence electrons. The largest absolute Gasteiger partial charge is 0.387 e. The van der Waals surface area contributed by atoms with Crippen molar-refractivity contribution in [3.63, 3.8) is 0 Å². The van der Waals surface area contributed by atoms with Gasteiger partial charge in [-0.2, -0.15) is 0 Å². The number of imidazole rings is 1. The highest BCUT2D eigenvalue weighted by molar-refractivity contribution is 5.91. The third-order valence-electron chi connectivity index (χ3n) is 5.67. The second kappa shape index (κ2) is 15.1. The van der Waals surface area contributed by atoms with Crippen molar-refractivity contribution in [3.8, 4) is 0 Å². The SMILES string of the molecule is Cl.Cl.O=C(Cc1nccn1Cc1ccccc1)Nc1ccc(CCNC[C@H](O)c2ccccc2)cc1. The number of carbonyl (C=O) groups is 1. The van der Waals surface area contributed by atoms with Gasteiger partial charge in [-0.3, -0.25) is 4.79 Å². The Morgan fingerprint density at radius 3 is 2.25 bits per heavy atom. The van der Waals surface area contributed by atoms with E-state index in [1.54, 1.807) is 6.20 Å². The Morgan fingerprint density at radius 2 is 1.56 bits per heavy atom. The molecule has 3 N–H and O–H groups in total. The molecule has 1 amide bonds. The Balaban J connectivity index is 0.00000228. The van der Waals surface area contributed by atoms with Crippen LogP contribution in [-0.4, -0.2) is 33.7 Å². The van der Waals surface area contributed by atoms with Gasteiger partial charge >= 0.3 is 0 Å². The van der Waals surface area contributed by atoms with Crippen molar-refractivity contribution < 1.29 is 9.90 Å². The highest BCUT2D eigenvalue weighted by Gasteiger charge is 2.10. The number of nitrogens with one attached hydrogen (secondary N) is 2. The summed E-state index contributed by atoms with van der Waals surface area (Å²) in [7, 11) is 0. The fourth-order valence-electron chi connectivity index (χ4n) is 3.80. The second-order valence-electron chi connectivity index (χ2n) is 8.26. The molecule has 8 heteroatoms. The van der Waals surface area contributed by atoms with E-state index in [1.165, 1.54) is 5.56 Å². The summed E-state index contributed by atoms with van der Waals surface area (Å²) in [6.45, 7) is 1.96. The van der Waals surface area contributed by atoms with Gasteiger partial charge in [-0.25, -0.2) is 4.98 Å². The topological polar surface area (TPSA) is 79.2 Å².